The van der Waals surface area contributed by atoms with Crippen molar-refractivity contribution < 1.29 is 28.5 Å². The van der Waals surface area contributed by atoms with Crippen LogP contribution < -0.4 is 24.8 Å². The molecule has 0 bridgehead atoms. The van der Waals surface area contributed by atoms with Gasteiger partial charge in [-0.05, 0) is 47.0 Å². The second-order valence-corrected chi connectivity index (χ2v) is 9.87. The predicted molar refractivity (Wildman–Crippen MR) is 141 cm³/mol. The number of ether oxygens (including phenoxy) is 4. The highest BCUT2D eigenvalue weighted by Gasteiger charge is 2.66. The molecule has 2 aliphatic heterocycles. The Bertz CT molecular complexity index is 1340. The first kappa shape index (κ1) is 25.1. The molecule has 3 aromatic carbocycles. The molecule has 3 aromatic rings. The Hall–Kier alpha value is -3.56. The summed E-state index contributed by atoms with van der Waals surface area (Å²) in [6.07, 6.45) is 0. The lowest BCUT2D eigenvalue weighted by Crippen LogP contribution is -2.44. The average molecular weight is 567 g/mol. The zero-order valence-electron chi connectivity index (χ0n) is 20.8. The Morgan fingerprint density at radius 2 is 1.54 bits per heavy atom. The highest BCUT2D eigenvalue weighted by Crippen LogP contribution is 2.60. The van der Waals surface area contributed by atoms with E-state index in [0.717, 1.165) is 15.6 Å². The number of carbonyl (C=O) groups is 2. The Morgan fingerprint density at radius 3 is 2.14 bits per heavy atom. The summed E-state index contributed by atoms with van der Waals surface area (Å²) in [7, 11) is 5.94. The number of benzene rings is 3. The Labute approximate surface area is 223 Å². The summed E-state index contributed by atoms with van der Waals surface area (Å²) in [5, 5.41) is 6.54. The standard InChI is InChI=1S/C28H27BrN2O6/c1-34-20-13-16(14-21(35-2)24(20)36-3)22-23(26(32)37-4)31-25(15-9-11-17(29)12-10-15)28(22)18-7-5-6-8-19(18)30-27(28)33/h5-14,22-23,25,31H,1-4H3,(H,30,33)/t22-,23+,25+,28+/m0/s1. The van der Waals surface area contributed by atoms with Crippen molar-refractivity contribution in [2.75, 3.05) is 33.8 Å². The zero-order chi connectivity index (χ0) is 26.3. The lowest BCUT2D eigenvalue weighted by molar-refractivity contribution is -0.143. The van der Waals surface area contributed by atoms with Gasteiger partial charge >= 0.3 is 5.97 Å². The number of nitrogens with one attached hydrogen (secondary N) is 2. The van der Waals surface area contributed by atoms with Crippen LogP contribution in [-0.2, 0) is 19.7 Å². The quantitative estimate of drug-likeness (QED) is 0.428. The monoisotopic (exact) mass is 566 g/mol. The van der Waals surface area contributed by atoms with Gasteiger partial charge in [-0.2, -0.15) is 0 Å². The van der Waals surface area contributed by atoms with Gasteiger partial charge in [-0.3, -0.25) is 14.9 Å². The highest BCUT2D eigenvalue weighted by molar-refractivity contribution is 9.10. The summed E-state index contributed by atoms with van der Waals surface area (Å²) in [6, 6.07) is 17.5. The average Bonchev–Trinajstić information content (AvgIpc) is 3.43. The zero-order valence-corrected chi connectivity index (χ0v) is 22.4. The predicted octanol–water partition coefficient (Wildman–Crippen LogP) is 4.33. The van der Waals surface area contributed by atoms with E-state index in [1.807, 2.05) is 48.5 Å². The van der Waals surface area contributed by atoms with Crippen LogP contribution in [0, 0.1) is 0 Å². The van der Waals surface area contributed by atoms with Gasteiger partial charge in [0.2, 0.25) is 11.7 Å². The third-order valence-electron chi connectivity index (χ3n) is 7.33. The molecule has 0 radical (unpaired) electrons. The molecule has 1 spiro atoms. The van der Waals surface area contributed by atoms with Crippen LogP contribution in [0.5, 0.6) is 17.2 Å². The number of hydrogen-bond acceptors (Lipinski definition) is 7. The molecular formula is C28H27BrN2O6. The molecule has 1 saturated heterocycles. The van der Waals surface area contributed by atoms with Gasteiger partial charge in [0.25, 0.3) is 0 Å². The van der Waals surface area contributed by atoms with E-state index in [9.17, 15) is 9.59 Å². The second kappa shape index (κ2) is 9.72. The van der Waals surface area contributed by atoms with Crippen LogP contribution in [-0.4, -0.2) is 46.4 Å². The first-order valence-electron chi connectivity index (χ1n) is 11.7. The number of rotatable bonds is 6. The van der Waals surface area contributed by atoms with Crippen molar-refractivity contribution >= 4 is 33.5 Å². The largest absolute Gasteiger partial charge is 0.493 e. The van der Waals surface area contributed by atoms with Crippen molar-refractivity contribution in [3.8, 4) is 17.2 Å². The summed E-state index contributed by atoms with van der Waals surface area (Å²) in [5.74, 6) is -0.0898. The molecule has 0 aliphatic carbocycles. The molecule has 8 nitrogen and oxygen atoms in total. The molecule has 0 unspecified atom stereocenters. The molecule has 9 heteroatoms. The number of amides is 1. The van der Waals surface area contributed by atoms with Gasteiger partial charge < -0.3 is 24.3 Å². The van der Waals surface area contributed by atoms with Crippen LogP contribution >= 0.6 is 15.9 Å². The van der Waals surface area contributed by atoms with Gasteiger partial charge in [0, 0.05) is 16.1 Å². The number of fused-ring (bicyclic) bond motifs is 2. The van der Waals surface area contributed by atoms with Gasteiger partial charge in [-0.15, -0.1) is 0 Å². The lowest BCUT2D eigenvalue weighted by atomic mass is 9.63. The van der Waals surface area contributed by atoms with Crippen molar-refractivity contribution in [1.29, 1.82) is 0 Å². The minimum absolute atomic E-state index is 0.209. The minimum Gasteiger partial charge on any atom is -0.493 e. The highest BCUT2D eigenvalue weighted by atomic mass is 79.9. The number of carbonyl (C=O) groups excluding carboxylic acids is 2. The van der Waals surface area contributed by atoms with Crippen LogP contribution in [0.1, 0.15) is 28.7 Å². The first-order valence-corrected chi connectivity index (χ1v) is 12.5. The fraction of sp³-hybridized carbons (Fsp3) is 0.286. The number of halogens is 1. The van der Waals surface area contributed by atoms with E-state index in [2.05, 4.69) is 26.6 Å². The van der Waals surface area contributed by atoms with Gasteiger partial charge in [-0.25, -0.2) is 0 Å². The molecule has 192 valence electrons. The van der Waals surface area contributed by atoms with Crippen LogP contribution in [0.4, 0.5) is 5.69 Å². The normalized spacial score (nSPS) is 23.9. The Morgan fingerprint density at radius 1 is 0.892 bits per heavy atom. The summed E-state index contributed by atoms with van der Waals surface area (Å²) in [5.41, 5.74) is 1.85. The number of hydrogen-bond donors (Lipinski definition) is 2. The minimum atomic E-state index is -1.19. The second-order valence-electron chi connectivity index (χ2n) is 8.96. The molecule has 5 rings (SSSR count). The fourth-order valence-corrected chi connectivity index (χ4v) is 6.09. The van der Waals surface area contributed by atoms with E-state index in [-0.39, 0.29) is 5.91 Å². The smallest absolute Gasteiger partial charge is 0.323 e. The molecule has 1 fully saturated rings. The van der Waals surface area contributed by atoms with Crippen LogP contribution in [0.2, 0.25) is 0 Å². The summed E-state index contributed by atoms with van der Waals surface area (Å²) >= 11 is 3.49. The lowest BCUT2D eigenvalue weighted by Gasteiger charge is -2.35. The third-order valence-corrected chi connectivity index (χ3v) is 7.86. The number of para-hydroxylation sites is 1. The summed E-state index contributed by atoms with van der Waals surface area (Å²) in [4.78, 5) is 27.5. The Kier molecular flexibility index (Phi) is 6.59. The first-order chi connectivity index (χ1) is 17.9. The maximum absolute atomic E-state index is 14.2. The number of methoxy groups -OCH3 is 4. The third kappa shape index (κ3) is 3.76. The van der Waals surface area contributed by atoms with E-state index in [1.165, 1.54) is 28.4 Å². The molecule has 2 N–H and O–H groups in total. The fourth-order valence-electron chi connectivity index (χ4n) is 5.83. The van der Waals surface area contributed by atoms with Crippen molar-refractivity contribution in [3.63, 3.8) is 0 Å². The molecular weight excluding hydrogens is 540 g/mol. The van der Waals surface area contributed by atoms with E-state index in [4.69, 9.17) is 18.9 Å². The summed E-state index contributed by atoms with van der Waals surface area (Å²) in [6.45, 7) is 0. The van der Waals surface area contributed by atoms with Gasteiger partial charge in [-0.1, -0.05) is 46.3 Å². The molecule has 0 aromatic heterocycles. The molecule has 37 heavy (non-hydrogen) atoms. The molecule has 2 heterocycles. The van der Waals surface area contributed by atoms with E-state index in [1.54, 1.807) is 12.1 Å². The number of esters is 1. The van der Waals surface area contributed by atoms with Crippen LogP contribution in [0.15, 0.2) is 65.1 Å². The van der Waals surface area contributed by atoms with Crippen LogP contribution in [0.25, 0.3) is 0 Å². The van der Waals surface area contributed by atoms with Gasteiger partial charge in [0.15, 0.2) is 11.5 Å². The molecule has 1 amide bonds. The van der Waals surface area contributed by atoms with Crippen molar-refractivity contribution in [2.45, 2.75) is 23.4 Å². The van der Waals surface area contributed by atoms with Crippen molar-refractivity contribution in [1.82, 2.24) is 5.32 Å². The molecule has 4 atom stereocenters. The number of anilines is 1. The van der Waals surface area contributed by atoms with E-state index in [0.29, 0.717) is 28.5 Å². The van der Waals surface area contributed by atoms with Crippen molar-refractivity contribution in [2.24, 2.45) is 0 Å². The van der Waals surface area contributed by atoms with Gasteiger partial charge in [0.05, 0.1) is 34.5 Å². The van der Waals surface area contributed by atoms with Crippen molar-refractivity contribution in [3.05, 3.63) is 81.8 Å². The van der Waals surface area contributed by atoms with Gasteiger partial charge in [0.1, 0.15) is 11.5 Å². The topological polar surface area (TPSA) is 95.1 Å². The Balaban J connectivity index is 1.84. The SMILES string of the molecule is COC(=O)[C@@H]1N[C@H](c2ccc(Br)cc2)[C@]2(C(=O)Nc3ccccc32)[C@H]1c1cc(OC)c(OC)c(OC)c1. The van der Waals surface area contributed by atoms with E-state index >= 15 is 0 Å². The molecule has 2 aliphatic rings. The molecule has 0 saturated carbocycles. The maximum atomic E-state index is 14.2. The van der Waals surface area contributed by atoms with Crippen LogP contribution in [0.3, 0.4) is 0 Å². The maximum Gasteiger partial charge on any atom is 0.323 e. The summed E-state index contributed by atoms with van der Waals surface area (Å²) < 4.78 is 22.9. The van der Waals surface area contributed by atoms with E-state index < -0.39 is 29.4 Å².